The highest BCUT2D eigenvalue weighted by molar-refractivity contribution is 8.00. The third-order valence-corrected chi connectivity index (χ3v) is 4.09. The van der Waals surface area contributed by atoms with Gasteiger partial charge in [-0.15, -0.1) is 11.8 Å². The van der Waals surface area contributed by atoms with Crippen LogP contribution in [0.25, 0.3) is 0 Å². The van der Waals surface area contributed by atoms with Crippen LogP contribution in [0.4, 0.5) is 0 Å². The van der Waals surface area contributed by atoms with Crippen molar-refractivity contribution < 1.29 is 14.6 Å². The second-order valence-electron chi connectivity index (χ2n) is 4.81. The summed E-state index contributed by atoms with van der Waals surface area (Å²) >= 11 is 1.47. The zero-order valence-electron chi connectivity index (χ0n) is 12.3. The number of rotatable bonds is 8. The molecule has 0 spiro atoms. The number of aliphatic hydroxyl groups is 1. The van der Waals surface area contributed by atoms with E-state index in [1.807, 2.05) is 45.0 Å². The van der Waals surface area contributed by atoms with Gasteiger partial charge in [-0.25, -0.2) is 0 Å². The van der Waals surface area contributed by atoms with Crippen molar-refractivity contribution in [2.75, 3.05) is 19.0 Å². The average Bonchev–Trinajstić information content (AvgIpc) is 2.47. The summed E-state index contributed by atoms with van der Waals surface area (Å²) in [6.45, 7) is 6.32. The van der Waals surface area contributed by atoms with Gasteiger partial charge in [0.2, 0.25) is 5.91 Å². The summed E-state index contributed by atoms with van der Waals surface area (Å²) in [5, 5.41) is 12.1. The molecule has 0 saturated heterocycles. The van der Waals surface area contributed by atoms with Crippen molar-refractivity contribution in [3.05, 3.63) is 24.3 Å². The maximum atomic E-state index is 11.9. The minimum absolute atomic E-state index is 0.0526. The van der Waals surface area contributed by atoms with Crippen LogP contribution in [-0.4, -0.2) is 35.5 Å². The van der Waals surface area contributed by atoms with Gasteiger partial charge in [0, 0.05) is 4.90 Å². The molecule has 5 heteroatoms. The number of amides is 1. The fourth-order valence-corrected chi connectivity index (χ4v) is 2.26. The third-order valence-electron chi connectivity index (χ3n) is 3.08. The first-order valence-corrected chi connectivity index (χ1v) is 7.79. The minimum atomic E-state index is -0.531. The van der Waals surface area contributed by atoms with Gasteiger partial charge in [0.25, 0.3) is 0 Å². The molecule has 4 nitrogen and oxygen atoms in total. The first-order chi connectivity index (χ1) is 9.53. The SMILES string of the molecule is CCOc1ccc(SCC(=O)NC(C)(CC)CO)cc1. The summed E-state index contributed by atoms with van der Waals surface area (Å²) in [4.78, 5) is 12.9. The first-order valence-electron chi connectivity index (χ1n) is 6.80. The maximum absolute atomic E-state index is 11.9. The van der Waals surface area contributed by atoms with E-state index < -0.39 is 5.54 Å². The minimum Gasteiger partial charge on any atom is -0.494 e. The molecule has 1 unspecified atom stereocenters. The van der Waals surface area contributed by atoms with Gasteiger partial charge in [-0.3, -0.25) is 4.79 Å². The molecular formula is C15H23NO3S. The van der Waals surface area contributed by atoms with Crippen molar-refractivity contribution in [3.63, 3.8) is 0 Å². The predicted octanol–water partition coefficient (Wildman–Crippen LogP) is 2.45. The number of benzene rings is 1. The highest BCUT2D eigenvalue weighted by Crippen LogP contribution is 2.21. The highest BCUT2D eigenvalue weighted by atomic mass is 32.2. The van der Waals surface area contributed by atoms with E-state index >= 15 is 0 Å². The molecule has 0 saturated carbocycles. The fraction of sp³-hybridized carbons (Fsp3) is 0.533. The van der Waals surface area contributed by atoms with Crippen molar-refractivity contribution in [2.45, 2.75) is 37.6 Å². The topological polar surface area (TPSA) is 58.6 Å². The van der Waals surface area contributed by atoms with E-state index in [1.54, 1.807) is 0 Å². The molecule has 1 aromatic carbocycles. The van der Waals surface area contributed by atoms with E-state index in [1.165, 1.54) is 11.8 Å². The van der Waals surface area contributed by atoms with Gasteiger partial charge in [-0.1, -0.05) is 6.92 Å². The number of carbonyl (C=O) groups is 1. The molecule has 0 heterocycles. The molecule has 1 aromatic rings. The van der Waals surface area contributed by atoms with Gasteiger partial charge < -0.3 is 15.2 Å². The van der Waals surface area contributed by atoms with Gasteiger partial charge in [-0.2, -0.15) is 0 Å². The second kappa shape index (κ2) is 8.17. The molecule has 0 radical (unpaired) electrons. The van der Waals surface area contributed by atoms with E-state index in [0.717, 1.165) is 10.6 Å². The number of aliphatic hydroxyl groups excluding tert-OH is 1. The lowest BCUT2D eigenvalue weighted by atomic mass is 10.0. The van der Waals surface area contributed by atoms with Gasteiger partial charge in [-0.05, 0) is 44.5 Å². The Morgan fingerprint density at radius 2 is 2.00 bits per heavy atom. The Morgan fingerprint density at radius 1 is 1.35 bits per heavy atom. The molecule has 2 N–H and O–H groups in total. The molecule has 1 amide bonds. The molecule has 0 aromatic heterocycles. The van der Waals surface area contributed by atoms with Crippen molar-refractivity contribution >= 4 is 17.7 Å². The van der Waals surface area contributed by atoms with Crippen LogP contribution < -0.4 is 10.1 Å². The fourth-order valence-electron chi connectivity index (χ4n) is 1.56. The van der Waals surface area contributed by atoms with Crippen LogP contribution in [0.2, 0.25) is 0 Å². The molecule has 0 aliphatic heterocycles. The summed E-state index contributed by atoms with van der Waals surface area (Å²) < 4.78 is 5.37. The Hall–Kier alpha value is -1.20. The molecule has 0 aliphatic carbocycles. The van der Waals surface area contributed by atoms with Crippen LogP contribution >= 0.6 is 11.8 Å². The standard InChI is InChI=1S/C15H23NO3S/c1-4-15(3,11-17)16-14(18)10-20-13-8-6-12(7-9-13)19-5-2/h6-9,17H,4-5,10-11H2,1-3H3,(H,16,18). The van der Waals surface area contributed by atoms with Crippen molar-refractivity contribution in [2.24, 2.45) is 0 Å². The van der Waals surface area contributed by atoms with Gasteiger partial charge in [0.1, 0.15) is 5.75 Å². The van der Waals surface area contributed by atoms with Gasteiger partial charge in [0.05, 0.1) is 24.5 Å². The zero-order valence-corrected chi connectivity index (χ0v) is 13.1. The zero-order chi connectivity index (χ0) is 15.0. The Labute approximate surface area is 124 Å². The lowest BCUT2D eigenvalue weighted by Gasteiger charge is -2.27. The summed E-state index contributed by atoms with van der Waals surface area (Å²) in [7, 11) is 0. The number of carbonyl (C=O) groups excluding carboxylic acids is 1. The van der Waals surface area contributed by atoms with Crippen LogP contribution in [0.5, 0.6) is 5.75 Å². The van der Waals surface area contributed by atoms with Crippen molar-refractivity contribution in [1.29, 1.82) is 0 Å². The summed E-state index contributed by atoms with van der Waals surface area (Å²) in [6, 6.07) is 7.67. The summed E-state index contributed by atoms with van der Waals surface area (Å²) in [5.74, 6) is 1.10. The average molecular weight is 297 g/mol. The molecule has 112 valence electrons. The normalized spacial score (nSPS) is 13.6. The van der Waals surface area contributed by atoms with Crippen LogP contribution in [0.3, 0.4) is 0 Å². The van der Waals surface area contributed by atoms with E-state index in [4.69, 9.17) is 4.74 Å². The number of hydrogen-bond acceptors (Lipinski definition) is 4. The van der Waals surface area contributed by atoms with Gasteiger partial charge in [0.15, 0.2) is 0 Å². The summed E-state index contributed by atoms with van der Waals surface area (Å²) in [6.07, 6.45) is 0.697. The molecule has 0 bridgehead atoms. The number of thioether (sulfide) groups is 1. The first kappa shape index (κ1) is 16.9. The largest absolute Gasteiger partial charge is 0.494 e. The van der Waals surface area contributed by atoms with Crippen molar-refractivity contribution in [3.8, 4) is 5.75 Å². The van der Waals surface area contributed by atoms with Crippen LogP contribution in [-0.2, 0) is 4.79 Å². The smallest absolute Gasteiger partial charge is 0.230 e. The van der Waals surface area contributed by atoms with E-state index in [-0.39, 0.29) is 12.5 Å². The van der Waals surface area contributed by atoms with E-state index in [2.05, 4.69) is 5.32 Å². The molecular weight excluding hydrogens is 274 g/mol. The summed E-state index contributed by atoms with van der Waals surface area (Å²) in [5.41, 5.74) is -0.531. The number of hydrogen-bond donors (Lipinski definition) is 2. The molecule has 0 fully saturated rings. The molecule has 0 aliphatic rings. The van der Waals surface area contributed by atoms with E-state index in [0.29, 0.717) is 18.8 Å². The quantitative estimate of drug-likeness (QED) is 0.724. The molecule has 1 rings (SSSR count). The monoisotopic (exact) mass is 297 g/mol. The highest BCUT2D eigenvalue weighted by Gasteiger charge is 2.22. The van der Waals surface area contributed by atoms with Crippen LogP contribution in [0, 0.1) is 0 Å². The Kier molecular flexibility index (Phi) is 6.88. The Balaban J connectivity index is 2.44. The lowest BCUT2D eigenvalue weighted by Crippen LogP contribution is -2.49. The Morgan fingerprint density at radius 3 is 2.50 bits per heavy atom. The molecule has 1 atom stereocenters. The van der Waals surface area contributed by atoms with Crippen LogP contribution in [0.15, 0.2) is 29.2 Å². The van der Waals surface area contributed by atoms with Gasteiger partial charge >= 0.3 is 0 Å². The predicted molar refractivity (Wildman–Crippen MR) is 82.3 cm³/mol. The van der Waals surface area contributed by atoms with Crippen LogP contribution in [0.1, 0.15) is 27.2 Å². The maximum Gasteiger partial charge on any atom is 0.230 e. The second-order valence-corrected chi connectivity index (χ2v) is 5.86. The number of nitrogens with one attached hydrogen (secondary N) is 1. The lowest BCUT2D eigenvalue weighted by molar-refractivity contribution is -0.120. The van der Waals surface area contributed by atoms with E-state index in [9.17, 15) is 9.90 Å². The molecule has 20 heavy (non-hydrogen) atoms. The Bertz CT molecular complexity index is 416. The number of ether oxygens (including phenoxy) is 1. The van der Waals surface area contributed by atoms with Crippen molar-refractivity contribution in [1.82, 2.24) is 5.32 Å². The third kappa shape index (κ3) is 5.43.